The Hall–Kier alpha value is -0.606. The number of allylic oxidation sites excluding steroid dienone is 8. The summed E-state index contributed by atoms with van der Waals surface area (Å²) in [5.41, 5.74) is 0. The monoisotopic (exact) mass is 248 g/mol. The van der Waals surface area contributed by atoms with E-state index in [-0.39, 0.29) is 0 Å². The average molecular weight is 249 g/mol. The van der Waals surface area contributed by atoms with Crippen LogP contribution >= 0.6 is 0 Å². The fourth-order valence-corrected chi connectivity index (χ4v) is 7.14. The molecule has 1 rings (SSSR count). The summed E-state index contributed by atoms with van der Waals surface area (Å²) >= 11 is 0. The standard InChI is InChI=1S/C14H24Si2/c1-15(2,3)13-11-9-7-8-10-12-14(13)16(4,5)6/h7-12H,1-6H3/b8-7-,9-7?,10-8?,11-9-,12-10-,13-11?,14-12?,14-13-. The van der Waals surface area contributed by atoms with E-state index >= 15 is 0 Å². The molecule has 88 valence electrons. The molecule has 0 fully saturated rings. The minimum atomic E-state index is -1.24. The van der Waals surface area contributed by atoms with Crippen LogP contribution in [0.1, 0.15) is 0 Å². The van der Waals surface area contributed by atoms with Gasteiger partial charge in [0, 0.05) is 0 Å². The minimum absolute atomic E-state index is 1.24. The Kier molecular flexibility index (Phi) is 3.97. The van der Waals surface area contributed by atoms with Crippen molar-refractivity contribution in [3.05, 3.63) is 46.8 Å². The van der Waals surface area contributed by atoms with Crippen molar-refractivity contribution in [3.63, 3.8) is 0 Å². The van der Waals surface area contributed by atoms with E-state index in [4.69, 9.17) is 0 Å². The molecule has 0 bridgehead atoms. The van der Waals surface area contributed by atoms with Crippen LogP contribution in [0.4, 0.5) is 0 Å². The number of rotatable bonds is 2. The molecule has 0 atom stereocenters. The molecule has 0 unspecified atom stereocenters. The molecule has 0 spiro atoms. The largest absolute Gasteiger partial charge is 0.0774 e. The third-order valence-corrected chi connectivity index (χ3v) is 7.12. The first-order valence-electron chi connectivity index (χ1n) is 5.99. The molecule has 2 heteroatoms. The van der Waals surface area contributed by atoms with Gasteiger partial charge in [-0.15, -0.1) is 0 Å². The van der Waals surface area contributed by atoms with Crippen molar-refractivity contribution in [2.24, 2.45) is 0 Å². The third-order valence-electron chi connectivity index (χ3n) is 2.77. The van der Waals surface area contributed by atoms with Gasteiger partial charge in [0.25, 0.3) is 0 Å². The van der Waals surface area contributed by atoms with Crippen LogP contribution in [0.5, 0.6) is 0 Å². The summed E-state index contributed by atoms with van der Waals surface area (Å²) in [4.78, 5) is 0. The first kappa shape index (κ1) is 13.5. The van der Waals surface area contributed by atoms with Crippen molar-refractivity contribution < 1.29 is 0 Å². The third kappa shape index (κ3) is 3.46. The summed E-state index contributed by atoms with van der Waals surface area (Å²) in [7, 11) is -2.48. The van der Waals surface area contributed by atoms with Gasteiger partial charge in [-0.25, -0.2) is 0 Å². The smallest absolute Gasteiger partial charge is 0.0656 e. The lowest BCUT2D eigenvalue weighted by molar-refractivity contribution is 1.54. The Morgan fingerprint density at radius 1 is 0.562 bits per heavy atom. The topological polar surface area (TPSA) is 0 Å². The van der Waals surface area contributed by atoms with Crippen LogP contribution in [0, 0.1) is 0 Å². The molecule has 1 aliphatic rings. The van der Waals surface area contributed by atoms with Crippen LogP contribution in [-0.2, 0) is 0 Å². The first-order valence-corrected chi connectivity index (χ1v) is 13.0. The Morgan fingerprint density at radius 2 is 0.875 bits per heavy atom. The Morgan fingerprint density at radius 3 is 1.12 bits per heavy atom. The van der Waals surface area contributed by atoms with Crippen molar-refractivity contribution in [1.82, 2.24) is 0 Å². The molecule has 0 aromatic rings. The second-order valence-corrected chi connectivity index (χ2v) is 16.5. The van der Waals surface area contributed by atoms with Gasteiger partial charge in [-0.3, -0.25) is 0 Å². The molecule has 0 saturated heterocycles. The van der Waals surface area contributed by atoms with Crippen molar-refractivity contribution >= 4 is 16.1 Å². The highest BCUT2D eigenvalue weighted by Gasteiger charge is 2.27. The zero-order chi connectivity index (χ0) is 12.4. The summed E-state index contributed by atoms with van der Waals surface area (Å²) in [6, 6.07) is 0. The van der Waals surface area contributed by atoms with E-state index in [0.29, 0.717) is 0 Å². The zero-order valence-electron chi connectivity index (χ0n) is 11.5. The maximum absolute atomic E-state index is 2.44. The van der Waals surface area contributed by atoms with Gasteiger partial charge in [-0.2, -0.15) is 0 Å². The molecule has 1 aliphatic carbocycles. The van der Waals surface area contributed by atoms with Crippen LogP contribution < -0.4 is 0 Å². The second-order valence-electron chi connectivity index (χ2n) is 6.43. The van der Waals surface area contributed by atoms with Crippen LogP contribution in [0.25, 0.3) is 0 Å². The summed E-state index contributed by atoms with van der Waals surface area (Å²) in [5.74, 6) is 0. The predicted molar refractivity (Wildman–Crippen MR) is 81.1 cm³/mol. The normalized spacial score (nSPS) is 28.1. The molecule has 0 aromatic heterocycles. The van der Waals surface area contributed by atoms with Gasteiger partial charge in [0.05, 0.1) is 16.1 Å². The maximum atomic E-state index is 2.44. The lowest BCUT2D eigenvalue weighted by Gasteiger charge is -2.28. The second kappa shape index (κ2) is 4.72. The van der Waals surface area contributed by atoms with E-state index in [9.17, 15) is 0 Å². The molecular weight excluding hydrogens is 224 g/mol. The van der Waals surface area contributed by atoms with E-state index in [2.05, 4.69) is 75.7 Å². The quantitative estimate of drug-likeness (QED) is 0.620. The average Bonchev–Trinajstić information content (AvgIpc) is 1.96. The highest BCUT2D eigenvalue weighted by atomic mass is 28.3. The van der Waals surface area contributed by atoms with Crippen molar-refractivity contribution in [1.29, 1.82) is 0 Å². The van der Waals surface area contributed by atoms with E-state index in [1.165, 1.54) is 0 Å². The van der Waals surface area contributed by atoms with Gasteiger partial charge in [0.2, 0.25) is 0 Å². The zero-order valence-corrected chi connectivity index (χ0v) is 13.5. The van der Waals surface area contributed by atoms with Crippen molar-refractivity contribution in [2.45, 2.75) is 39.3 Å². The SMILES string of the molecule is C[Si](C)(C)C1=C([Si](C)(C)C)/C=C\C=C/C=C\1. The molecule has 0 N–H and O–H groups in total. The van der Waals surface area contributed by atoms with Gasteiger partial charge in [-0.1, -0.05) is 86.1 Å². The minimum Gasteiger partial charge on any atom is -0.0656 e. The van der Waals surface area contributed by atoms with Crippen molar-refractivity contribution in [2.75, 3.05) is 0 Å². The van der Waals surface area contributed by atoms with Gasteiger partial charge in [0.15, 0.2) is 0 Å². The van der Waals surface area contributed by atoms with Crippen LogP contribution in [0.3, 0.4) is 0 Å². The molecular formula is C14H24Si2. The number of hydrogen-bond acceptors (Lipinski definition) is 0. The molecule has 16 heavy (non-hydrogen) atoms. The molecule has 0 aliphatic heterocycles. The first-order chi connectivity index (χ1) is 7.23. The molecule has 0 aromatic carbocycles. The highest BCUT2D eigenvalue weighted by Crippen LogP contribution is 2.28. The van der Waals surface area contributed by atoms with Crippen molar-refractivity contribution in [3.8, 4) is 0 Å². The lowest BCUT2D eigenvalue weighted by atomic mass is 10.3. The molecule has 0 amide bonds. The molecule has 0 nitrogen and oxygen atoms in total. The Labute approximate surface area is 102 Å². The van der Waals surface area contributed by atoms with Gasteiger partial charge in [-0.05, 0) is 0 Å². The molecule has 0 saturated carbocycles. The van der Waals surface area contributed by atoms with Crippen LogP contribution in [-0.4, -0.2) is 16.1 Å². The summed E-state index contributed by atoms with van der Waals surface area (Å²) < 4.78 is 0. The van der Waals surface area contributed by atoms with Gasteiger partial charge < -0.3 is 0 Å². The fourth-order valence-electron chi connectivity index (χ4n) is 1.92. The van der Waals surface area contributed by atoms with Gasteiger partial charge in [0.1, 0.15) is 0 Å². The Bertz CT molecular complexity index is 333. The van der Waals surface area contributed by atoms with Crippen LogP contribution in [0.2, 0.25) is 39.3 Å². The summed E-state index contributed by atoms with van der Waals surface area (Å²) in [6.45, 7) is 14.6. The van der Waals surface area contributed by atoms with Gasteiger partial charge >= 0.3 is 0 Å². The van der Waals surface area contributed by atoms with Crippen LogP contribution in [0.15, 0.2) is 46.8 Å². The van der Waals surface area contributed by atoms with E-state index < -0.39 is 16.1 Å². The van der Waals surface area contributed by atoms with E-state index in [1.807, 2.05) is 0 Å². The number of hydrogen-bond donors (Lipinski definition) is 0. The highest BCUT2D eigenvalue weighted by molar-refractivity contribution is 6.90. The predicted octanol–water partition coefficient (Wildman–Crippen LogP) is 4.72. The summed E-state index contributed by atoms with van der Waals surface area (Å²) in [6.07, 6.45) is 13.3. The van der Waals surface area contributed by atoms with E-state index in [0.717, 1.165) is 0 Å². The maximum Gasteiger partial charge on any atom is 0.0774 e. The fraction of sp³-hybridized carbons (Fsp3) is 0.429. The molecule has 0 radical (unpaired) electrons. The molecule has 0 heterocycles. The summed E-state index contributed by atoms with van der Waals surface area (Å²) in [5, 5.41) is 3.26. The lowest BCUT2D eigenvalue weighted by Crippen LogP contribution is -2.32. The van der Waals surface area contributed by atoms with E-state index in [1.54, 1.807) is 10.4 Å². The Balaban J connectivity index is 3.38.